The highest BCUT2D eigenvalue weighted by atomic mass is 31.2. The van der Waals surface area contributed by atoms with Crippen LogP contribution in [0.15, 0.2) is 30.3 Å². The summed E-state index contributed by atoms with van der Waals surface area (Å²) in [6, 6.07) is 8.47. The zero-order chi connectivity index (χ0) is 15.9. The van der Waals surface area contributed by atoms with Crippen LogP contribution in [0.5, 0.6) is 0 Å². The molecular formula is C11H13F3NO5P. The van der Waals surface area contributed by atoms with Gasteiger partial charge in [-0.2, -0.15) is 13.2 Å². The molecule has 0 spiro atoms. The van der Waals surface area contributed by atoms with E-state index in [1.165, 1.54) is 5.32 Å². The van der Waals surface area contributed by atoms with Crippen molar-refractivity contribution in [1.29, 1.82) is 0 Å². The van der Waals surface area contributed by atoms with Crippen LogP contribution in [-0.2, 0) is 25.0 Å². The maximum Gasteiger partial charge on any atom is 0.472 e. The first-order valence-electron chi connectivity index (χ1n) is 5.71. The summed E-state index contributed by atoms with van der Waals surface area (Å²) >= 11 is 0. The van der Waals surface area contributed by atoms with Crippen molar-refractivity contribution in [2.45, 2.75) is 12.8 Å². The van der Waals surface area contributed by atoms with Crippen molar-refractivity contribution >= 4 is 13.7 Å². The van der Waals surface area contributed by atoms with Gasteiger partial charge in [-0.15, -0.1) is 0 Å². The molecule has 0 saturated heterocycles. The highest BCUT2D eigenvalue weighted by Gasteiger charge is 2.38. The van der Waals surface area contributed by atoms with Crippen LogP contribution in [0.4, 0.5) is 13.2 Å². The first-order chi connectivity index (χ1) is 9.71. The number of alkyl halides is 3. The molecule has 2 N–H and O–H groups in total. The second-order valence-corrected chi connectivity index (χ2v) is 5.27. The summed E-state index contributed by atoms with van der Waals surface area (Å²) in [7, 11) is -4.39. The fraction of sp³-hybridized carbons (Fsp3) is 0.364. The lowest BCUT2D eigenvalue weighted by Crippen LogP contribution is -2.38. The van der Waals surface area contributed by atoms with Crippen LogP contribution in [0.1, 0.15) is 5.56 Å². The van der Waals surface area contributed by atoms with E-state index >= 15 is 0 Å². The number of rotatable bonds is 7. The molecule has 0 aliphatic rings. The van der Waals surface area contributed by atoms with Gasteiger partial charge in [0.05, 0.1) is 13.2 Å². The van der Waals surface area contributed by atoms with E-state index in [1.54, 1.807) is 30.3 Å². The molecule has 10 heteroatoms. The molecule has 1 atom stereocenters. The van der Waals surface area contributed by atoms with Crippen molar-refractivity contribution in [3.63, 3.8) is 0 Å². The smallest absolute Gasteiger partial charge is 0.346 e. The highest BCUT2D eigenvalue weighted by Crippen LogP contribution is 2.43. The summed E-state index contributed by atoms with van der Waals surface area (Å²) in [5, 5.41) is 1.49. The summed E-state index contributed by atoms with van der Waals surface area (Å²) in [5.74, 6) is -2.15. The number of phosphoric acid groups is 1. The Morgan fingerprint density at radius 3 is 2.43 bits per heavy atom. The predicted octanol–water partition coefficient (Wildman–Crippen LogP) is 2.00. The van der Waals surface area contributed by atoms with Gasteiger partial charge in [0.15, 0.2) is 0 Å². The monoisotopic (exact) mass is 327 g/mol. The first-order valence-corrected chi connectivity index (χ1v) is 7.21. The van der Waals surface area contributed by atoms with E-state index in [0.29, 0.717) is 5.56 Å². The minimum Gasteiger partial charge on any atom is -0.346 e. The lowest BCUT2D eigenvalue weighted by molar-refractivity contribution is -0.173. The minimum absolute atomic E-state index is 0.191. The van der Waals surface area contributed by atoms with E-state index in [2.05, 4.69) is 9.05 Å². The van der Waals surface area contributed by atoms with Gasteiger partial charge >= 0.3 is 19.9 Å². The highest BCUT2D eigenvalue weighted by molar-refractivity contribution is 7.47. The first kappa shape index (κ1) is 17.6. The normalized spacial score (nSPS) is 14.5. The molecule has 1 rings (SSSR count). The molecule has 118 valence electrons. The molecule has 0 bridgehead atoms. The number of phosphoric ester groups is 1. The zero-order valence-electron chi connectivity index (χ0n) is 10.7. The fourth-order valence-electron chi connectivity index (χ4n) is 1.19. The van der Waals surface area contributed by atoms with E-state index in [1.807, 2.05) is 0 Å². The molecule has 1 amide bonds. The summed E-state index contributed by atoms with van der Waals surface area (Å²) in [4.78, 5) is 19.7. The van der Waals surface area contributed by atoms with Crippen molar-refractivity contribution < 1.29 is 36.5 Å². The van der Waals surface area contributed by atoms with Crippen LogP contribution in [0.25, 0.3) is 0 Å². The van der Waals surface area contributed by atoms with Gasteiger partial charge in [0, 0.05) is 6.54 Å². The molecule has 1 aromatic carbocycles. The largest absolute Gasteiger partial charge is 0.472 e. The molecule has 21 heavy (non-hydrogen) atoms. The molecule has 1 unspecified atom stereocenters. The van der Waals surface area contributed by atoms with Crippen LogP contribution in [0.2, 0.25) is 0 Å². The van der Waals surface area contributed by atoms with Gasteiger partial charge in [-0.25, -0.2) is 4.57 Å². The van der Waals surface area contributed by atoms with Crippen LogP contribution < -0.4 is 5.32 Å². The van der Waals surface area contributed by atoms with Crippen molar-refractivity contribution in [2.24, 2.45) is 0 Å². The maximum atomic E-state index is 11.8. The van der Waals surface area contributed by atoms with Gasteiger partial charge in [-0.05, 0) is 5.56 Å². The van der Waals surface area contributed by atoms with Crippen molar-refractivity contribution in [3.05, 3.63) is 35.9 Å². The second-order valence-electron chi connectivity index (χ2n) is 3.81. The minimum atomic E-state index is -5.01. The average molecular weight is 327 g/mol. The summed E-state index contributed by atoms with van der Waals surface area (Å²) < 4.78 is 56.0. The van der Waals surface area contributed by atoms with E-state index in [4.69, 9.17) is 0 Å². The van der Waals surface area contributed by atoms with Crippen molar-refractivity contribution in [2.75, 3.05) is 13.2 Å². The van der Waals surface area contributed by atoms with Gasteiger partial charge in [-0.1, -0.05) is 30.3 Å². The summed E-state index contributed by atoms with van der Waals surface area (Å²) in [6.45, 7) is -1.36. The molecule has 0 aromatic heterocycles. The Morgan fingerprint density at radius 1 is 1.24 bits per heavy atom. The number of halogens is 3. The Kier molecular flexibility index (Phi) is 6.35. The molecule has 1 aromatic rings. The molecule has 0 fully saturated rings. The Labute approximate surface area is 118 Å². The molecule has 6 nitrogen and oxygen atoms in total. The Bertz CT molecular complexity index is 508. The number of benzene rings is 1. The lowest BCUT2D eigenvalue weighted by atomic mass is 10.2. The van der Waals surface area contributed by atoms with E-state index in [9.17, 15) is 27.4 Å². The number of hydrogen-bond donors (Lipinski definition) is 2. The van der Waals surface area contributed by atoms with E-state index in [0.717, 1.165) is 0 Å². The Morgan fingerprint density at radius 2 is 1.86 bits per heavy atom. The van der Waals surface area contributed by atoms with Gasteiger partial charge in [0.25, 0.3) is 0 Å². The number of carbonyl (C=O) groups is 1. The molecule has 0 saturated carbocycles. The SMILES string of the molecule is O=C(NCCOP(=O)(O)OCc1ccccc1)C(F)(F)F. The van der Waals surface area contributed by atoms with Crippen LogP contribution in [0, 0.1) is 0 Å². The van der Waals surface area contributed by atoms with Crippen molar-refractivity contribution in [1.82, 2.24) is 5.32 Å². The van der Waals surface area contributed by atoms with E-state index in [-0.39, 0.29) is 6.61 Å². The number of amides is 1. The van der Waals surface area contributed by atoms with Gasteiger partial charge in [0.1, 0.15) is 0 Å². The standard InChI is InChI=1S/C11H13F3NO5P/c12-11(13,14)10(16)15-6-7-19-21(17,18)20-8-9-4-2-1-3-5-9/h1-5H,6-8H2,(H,15,16)(H,17,18). The maximum absolute atomic E-state index is 11.8. The Hall–Kier alpha value is -1.41. The summed E-state index contributed by atoms with van der Waals surface area (Å²) in [6.07, 6.45) is -5.01. The molecular weight excluding hydrogens is 314 g/mol. The second kappa shape index (κ2) is 7.56. The third-order valence-electron chi connectivity index (χ3n) is 2.14. The Balaban J connectivity index is 2.27. The molecule has 0 heterocycles. The average Bonchev–Trinajstić information content (AvgIpc) is 2.41. The van der Waals surface area contributed by atoms with E-state index < -0.39 is 33.1 Å². The number of nitrogens with one attached hydrogen (secondary N) is 1. The van der Waals surface area contributed by atoms with Gasteiger partial charge in [-0.3, -0.25) is 13.8 Å². The van der Waals surface area contributed by atoms with Gasteiger partial charge < -0.3 is 10.2 Å². The molecule has 0 radical (unpaired) electrons. The zero-order valence-corrected chi connectivity index (χ0v) is 11.6. The van der Waals surface area contributed by atoms with Crippen LogP contribution in [-0.4, -0.2) is 30.1 Å². The lowest BCUT2D eigenvalue weighted by Gasteiger charge is -2.13. The van der Waals surface area contributed by atoms with Crippen LogP contribution >= 0.6 is 7.82 Å². The fourth-order valence-corrected chi connectivity index (χ4v) is 1.90. The third kappa shape index (κ3) is 7.24. The van der Waals surface area contributed by atoms with Crippen molar-refractivity contribution in [3.8, 4) is 0 Å². The predicted molar refractivity (Wildman–Crippen MR) is 66.1 cm³/mol. The topological polar surface area (TPSA) is 84.9 Å². The molecule has 0 aliphatic heterocycles. The number of hydrogen-bond acceptors (Lipinski definition) is 4. The molecule has 0 aliphatic carbocycles. The van der Waals surface area contributed by atoms with Gasteiger partial charge in [0.2, 0.25) is 0 Å². The van der Waals surface area contributed by atoms with Crippen LogP contribution in [0.3, 0.4) is 0 Å². The third-order valence-corrected chi connectivity index (χ3v) is 3.10. The quantitative estimate of drug-likeness (QED) is 0.591. The summed E-state index contributed by atoms with van der Waals surface area (Å²) in [5.41, 5.74) is 0.626. The number of carbonyl (C=O) groups excluding carboxylic acids is 1.